The molecular weight excluding hydrogens is 204 g/mol. The van der Waals surface area contributed by atoms with Crippen LogP contribution >= 0.6 is 11.3 Å². The lowest BCUT2D eigenvalue weighted by Gasteiger charge is -1.95. The fourth-order valence-corrected chi connectivity index (χ4v) is 2.14. The standard InChI is InChI=1S/C8H6N2O3S/c1-10-7-5(2-4(3-11)14-7)6(12)9-8(10)13/h2-3H,1H3,(H,9,12,13). The van der Waals surface area contributed by atoms with Crippen LogP contribution < -0.4 is 11.2 Å². The zero-order chi connectivity index (χ0) is 10.3. The number of nitrogens with one attached hydrogen (secondary N) is 1. The first-order chi connectivity index (χ1) is 6.63. The summed E-state index contributed by atoms with van der Waals surface area (Å²) in [5, 5.41) is 0.374. The molecule has 0 aromatic carbocycles. The lowest BCUT2D eigenvalue weighted by atomic mass is 10.4. The van der Waals surface area contributed by atoms with Crippen molar-refractivity contribution in [1.29, 1.82) is 0 Å². The number of hydrogen-bond acceptors (Lipinski definition) is 4. The molecule has 0 unspecified atom stereocenters. The van der Waals surface area contributed by atoms with Crippen LogP contribution in [0.4, 0.5) is 0 Å². The molecule has 6 heteroatoms. The Labute approximate surface area is 81.6 Å². The van der Waals surface area contributed by atoms with Crippen molar-refractivity contribution in [2.24, 2.45) is 7.05 Å². The van der Waals surface area contributed by atoms with Gasteiger partial charge in [-0.05, 0) is 6.07 Å². The lowest BCUT2D eigenvalue weighted by molar-refractivity contribution is 0.112. The number of H-pyrrole nitrogens is 1. The molecule has 1 N–H and O–H groups in total. The number of aldehydes is 1. The van der Waals surface area contributed by atoms with Crippen LogP contribution in [-0.2, 0) is 7.05 Å². The van der Waals surface area contributed by atoms with Gasteiger partial charge < -0.3 is 0 Å². The van der Waals surface area contributed by atoms with Crippen molar-refractivity contribution in [2.75, 3.05) is 0 Å². The number of nitrogens with zero attached hydrogens (tertiary/aromatic N) is 1. The summed E-state index contributed by atoms with van der Waals surface area (Å²) in [5.74, 6) is 0. The smallest absolute Gasteiger partial charge is 0.297 e. The Morgan fingerprint density at radius 2 is 2.21 bits per heavy atom. The molecule has 0 amide bonds. The third-order valence-corrected chi connectivity index (χ3v) is 3.06. The van der Waals surface area contributed by atoms with E-state index in [1.165, 1.54) is 10.6 Å². The zero-order valence-corrected chi connectivity index (χ0v) is 8.05. The number of thiophene rings is 1. The summed E-state index contributed by atoms with van der Waals surface area (Å²) < 4.78 is 1.31. The highest BCUT2D eigenvalue weighted by Gasteiger charge is 2.08. The fraction of sp³-hybridized carbons (Fsp3) is 0.125. The number of carbonyl (C=O) groups is 1. The van der Waals surface area contributed by atoms with Gasteiger partial charge in [0.05, 0.1) is 10.3 Å². The molecule has 5 nitrogen and oxygen atoms in total. The minimum absolute atomic E-state index is 0.374. The van der Waals surface area contributed by atoms with Gasteiger partial charge in [-0.3, -0.25) is 19.1 Å². The second kappa shape index (κ2) is 2.91. The van der Waals surface area contributed by atoms with E-state index in [0.29, 0.717) is 21.4 Å². The molecule has 0 aliphatic carbocycles. The lowest BCUT2D eigenvalue weighted by Crippen LogP contribution is -2.27. The molecule has 0 aliphatic heterocycles. The van der Waals surface area contributed by atoms with E-state index < -0.39 is 11.2 Å². The predicted octanol–water partition coefficient (Wildman–Crippen LogP) is 0.101. The molecule has 72 valence electrons. The minimum atomic E-state index is -0.471. The zero-order valence-electron chi connectivity index (χ0n) is 7.23. The maximum atomic E-state index is 11.3. The molecular formula is C8H6N2O3S. The van der Waals surface area contributed by atoms with Crippen molar-refractivity contribution in [2.45, 2.75) is 0 Å². The van der Waals surface area contributed by atoms with Crippen molar-refractivity contribution < 1.29 is 4.79 Å². The van der Waals surface area contributed by atoms with Gasteiger partial charge in [0.1, 0.15) is 4.83 Å². The van der Waals surface area contributed by atoms with E-state index in [9.17, 15) is 14.4 Å². The summed E-state index contributed by atoms with van der Waals surface area (Å²) in [4.78, 5) is 36.1. The van der Waals surface area contributed by atoms with E-state index in [4.69, 9.17) is 0 Å². The summed E-state index contributed by atoms with van der Waals surface area (Å²) in [6.45, 7) is 0. The Morgan fingerprint density at radius 1 is 1.50 bits per heavy atom. The largest absolute Gasteiger partial charge is 0.329 e. The normalized spacial score (nSPS) is 10.6. The van der Waals surface area contributed by atoms with Crippen LogP contribution in [0.15, 0.2) is 15.7 Å². The molecule has 0 fully saturated rings. The maximum absolute atomic E-state index is 11.3. The second-order valence-corrected chi connectivity index (χ2v) is 3.87. The van der Waals surface area contributed by atoms with Gasteiger partial charge in [-0.2, -0.15) is 0 Å². The highest BCUT2D eigenvalue weighted by atomic mass is 32.1. The monoisotopic (exact) mass is 210 g/mol. The van der Waals surface area contributed by atoms with Crippen LogP contribution in [0.3, 0.4) is 0 Å². The molecule has 0 radical (unpaired) electrons. The van der Waals surface area contributed by atoms with Crippen molar-refractivity contribution in [1.82, 2.24) is 9.55 Å². The number of rotatable bonds is 1. The second-order valence-electron chi connectivity index (χ2n) is 2.80. The van der Waals surface area contributed by atoms with E-state index in [0.717, 1.165) is 11.3 Å². The highest BCUT2D eigenvalue weighted by Crippen LogP contribution is 2.19. The first-order valence-corrected chi connectivity index (χ1v) is 4.63. The Morgan fingerprint density at radius 3 is 2.86 bits per heavy atom. The van der Waals surface area contributed by atoms with Crippen LogP contribution in [0.2, 0.25) is 0 Å². The van der Waals surface area contributed by atoms with Crippen LogP contribution in [0, 0.1) is 0 Å². The van der Waals surface area contributed by atoms with Crippen molar-refractivity contribution in [3.63, 3.8) is 0 Å². The molecule has 2 aromatic rings. The van der Waals surface area contributed by atoms with Crippen LogP contribution in [0.5, 0.6) is 0 Å². The van der Waals surface area contributed by atoms with Crippen molar-refractivity contribution in [3.05, 3.63) is 31.8 Å². The molecule has 0 aliphatic rings. The Kier molecular flexibility index (Phi) is 1.85. The Balaban J connectivity index is 3.06. The highest BCUT2D eigenvalue weighted by molar-refractivity contribution is 7.20. The number of aromatic amines is 1. The van der Waals surface area contributed by atoms with Gasteiger partial charge in [0, 0.05) is 7.05 Å². The molecule has 0 saturated carbocycles. The average Bonchev–Trinajstić information content (AvgIpc) is 2.58. The number of aromatic nitrogens is 2. The van der Waals surface area contributed by atoms with Crippen LogP contribution in [0.1, 0.15) is 9.67 Å². The average molecular weight is 210 g/mol. The van der Waals surface area contributed by atoms with Crippen molar-refractivity contribution in [3.8, 4) is 0 Å². The molecule has 0 atom stereocenters. The quantitative estimate of drug-likeness (QED) is 0.678. The molecule has 2 aromatic heterocycles. The maximum Gasteiger partial charge on any atom is 0.329 e. The van der Waals surface area contributed by atoms with E-state index in [1.54, 1.807) is 7.05 Å². The summed E-state index contributed by atoms with van der Waals surface area (Å²) in [6.07, 6.45) is 0.661. The van der Waals surface area contributed by atoms with Gasteiger partial charge in [-0.15, -0.1) is 11.3 Å². The van der Waals surface area contributed by atoms with E-state index >= 15 is 0 Å². The first-order valence-electron chi connectivity index (χ1n) is 3.81. The number of hydrogen-bond donors (Lipinski definition) is 1. The van der Waals surface area contributed by atoms with Gasteiger partial charge in [-0.25, -0.2) is 4.79 Å². The van der Waals surface area contributed by atoms with Crippen molar-refractivity contribution >= 4 is 27.8 Å². The summed E-state index contributed by atoms with van der Waals surface area (Å²) >= 11 is 1.13. The SMILES string of the molecule is Cn1c(=O)[nH]c(=O)c2cc(C=O)sc21. The van der Waals surface area contributed by atoms with E-state index in [1.807, 2.05) is 0 Å². The molecule has 14 heavy (non-hydrogen) atoms. The third-order valence-electron chi connectivity index (χ3n) is 1.92. The van der Waals surface area contributed by atoms with Gasteiger partial charge in [0.15, 0.2) is 6.29 Å². The van der Waals surface area contributed by atoms with Crippen LogP contribution in [0.25, 0.3) is 10.2 Å². The van der Waals surface area contributed by atoms with Gasteiger partial charge in [0.25, 0.3) is 5.56 Å². The third kappa shape index (κ3) is 1.12. The molecule has 0 bridgehead atoms. The first kappa shape index (κ1) is 8.89. The van der Waals surface area contributed by atoms with Gasteiger partial charge in [-0.1, -0.05) is 0 Å². The van der Waals surface area contributed by atoms with Gasteiger partial charge >= 0.3 is 5.69 Å². The van der Waals surface area contributed by atoms with E-state index in [-0.39, 0.29) is 0 Å². The summed E-state index contributed by atoms with van der Waals surface area (Å²) in [6, 6.07) is 1.48. The number of fused-ring (bicyclic) bond motifs is 1. The Hall–Kier alpha value is -1.69. The fourth-order valence-electron chi connectivity index (χ4n) is 1.21. The number of aryl methyl sites for hydroxylation is 1. The molecule has 0 saturated heterocycles. The minimum Gasteiger partial charge on any atom is -0.297 e. The predicted molar refractivity (Wildman–Crippen MR) is 53.1 cm³/mol. The molecule has 0 spiro atoms. The van der Waals surface area contributed by atoms with E-state index in [2.05, 4.69) is 4.98 Å². The number of carbonyl (C=O) groups excluding carboxylic acids is 1. The molecule has 2 rings (SSSR count). The summed E-state index contributed by atoms with van der Waals surface area (Å²) in [5.41, 5.74) is -0.922. The van der Waals surface area contributed by atoms with Crippen LogP contribution in [-0.4, -0.2) is 15.8 Å². The molecule has 2 heterocycles. The van der Waals surface area contributed by atoms with Gasteiger partial charge in [0.2, 0.25) is 0 Å². The topological polar surface area (TPSA) is 71.9 Å². The summed E-state index contributed by atoms with van der Waals surface area (Å²) in [7, 11) is 1.55. The Bertz CT molecular complexity index is 620.